The minimum atomic E-state index is -0.852. The average molecular weight is 233 g/mol. The summed E-state index contributed by atoms with van der Waals surface area (Å²) in [5, 5.41) is 11.6. The second-order valence-electron chi connectivity index (χ2n) is 2.74. The molecule has 0 aromatic carbocycles. The summed E-state index contributed by atoms with van der Waals surface area (Å²) in [5.41, 5.74) is 0. The zero-order chi connectivity index (χ0) is 11.7. The van der Waals surface area contributed by atoms with Gasteiger partial charge in [-0.3, -0.25) is 9.59 Å². The number of hydrogen-bond donors (Lipinski definition) is 3. The van der Waals surface area contributed by atoms with Gasteiger partial charge in [0.05, 0.1) is 19.6 Å². The molecule has 2 N–H and O–H groups in total. The van der Waals surface area contributed by atoms with Crippen molar-refractivity contribution in [2.24, 2.45) is 0 Å². The molecule has 0 spiro atoms. The lowest BCUT2D eigenvalue weighted by molar-refractivity contribution is -0.141. The predicted molar refractivity (Wildman–Crippen MR) is 58.6 cm³/mol. The lowest BCUT2D eigenvalue weighted by atomic mass is 10.2. The highest BCUT2D eigenvalue weighted by molar-refractivity contribution is 7.80. The summed E-state index contributed by atoms with van der Waals surface area (Å²) >= 11 is 3.91. The molecule has 0 bridgehead atoms. The van der Waals surface area contributed by atoms with Gasteiger partial charge in [0.15, 0.2) is 0 Å². The standard InChI is InChI=1S/C9H15NO4S/c1-14-9(13)6-10-8(12)5-7(11)3-2-4-15/h2-3,7,11,15H,4-6H2,1H3,(H,10,12)/b3-2+. The average Bonchev–Trinajstić information content (AvgIpc) is 2.22. The van der Waals surface area contributed by atoms with E-state index in [1.807, 2.05) is 0 Å². The van der Waals surface area contributed by atoms with Crippen molar-refractivity contribution in [2.45, 2.75) is 12.5 Å². The number of esters is 1. The Bertz CT molecular complexity index is 242. The largest absolute Gasteiger partial charge is 0.468 e. The van der Waals surface area contributed by atoms with Gasteiger partial charge in [0, 0.05) is 5.75 Å². The number of ether oxygens (including phenoxy) is 1. The van der Waals surface area contributed by atoms with E-state index < -0.39 is 18.0 Å². The number of methoxy groups -OCH3 is 1. The number of nitrogens with one attached hydrogen (secondary N) is 1. The number of aliphatic hydroxyl groups is 1. The normalized spacial score (nSPS) is 12.5. The maximum atomic E-state index is 11.1. The third kappa shape index (κ3) is 8.02. The molecule has 0 radical (unpaired) electrons. The van der Waals surface area contributed by atoms with Crippen LogP contribution in [0.5, 0.6) is 0 Å². The first-order valence-electron chi connectivity index (χ1n) is 4.39. The van der Waals surface area contributed by atoms with Gasteiger partial charge in [-0.2, -0.15) is 12.6 Å². The second-order valence-corrected chi connectivity index (χ2v) is 3.10. The van der Waals surface area contributed by atoms with E-state index in [2.05, 4.69) is 22.7 Å². The Morgan fingerprint density at radius 2 is 2.27 bits per heavy atom. The molecule has 0 saturated heterocycles. The van der Waals surface area contributed by atoms with Crippen molar-refractivity contribution in [3.05, 3.63) is 12.2 Å². The first kappa shape index (κ1) is 14.0. The molecule has 86 valence electrons. The number of aliphatic hydroxyl groups excluding tert-OH is 1. The first-order chi connectivity index (χ1) is 7.10. The van der Waals surface area contributed by atoms with Gasteiger partial charge in [-0.05, 0) is 0 Å². The van der Waals surface area contributed by atoms with E-state index in [1.165, 1.54) is 13.2 Å². The molecular weight excluding hydrogens is 218 g/mol. The zero-order valence-electron chi connectivity index (χ0n) is 8.47. The number of hydrogen-bond acceptors (Lipinski definition) is 5. The Morgan fingerprint density at radius 1 is 1.60 bits per heavy atom. The minimum absolute atomic E-state index is 0.0821. The van der Waals surface area contributed by atoms with Crippen LogP contribution >= 0.6 is 12.6 Å². The summed E-state index contributed by atoms with van der Waals surface area (Å²) in [6.45, 7) is -0.182. The molecule has 0 aromatic rings. The summed E-state index contributed by atoms with van der Waals surface area (Å²) in [6.07, 6.45) is 2.18. The number of rotatable bonds is 6. The van der Waals surface area contributed by atoms with E-state index in [0.29, 0.717) is 5.75 Å². The fourth-order valence-electron chi connectivity index (χ4n) is 0.791. The molecule has 0 heterocycles. The Labute approximate surface area is 93.9 Å². The molecule has 0 saturated carbocycles. The van der Waals surface area contributed by atoms with E-state index in [0.717, 1.165) is 0 Å². The lowest BCUT2D eigenvalue weighted by Gasteiger charge is -2.06. The number of carbonyl (C=O) groups excluding carboxylic acids is 2. The Morgan fingerprint density at radius 3 is 2.80 bits per heavy atom. The summed E-state index contributed by atoms with van der Waals surface area (Å²) in [4.78, 5) is 21.8. The zero-order valence-corrected chi connectivity index (χ0v) is 9.37. The van der Waals surface area contributed by atoms with E-state index in [4.69, 9.17) is 0 Å². The van der Waals surface area contributed by atoms with Gasteiger partial charge >= 0.3 is 5.97 Å². The molecule has 0 aliphatic carbocycles. The number of carbonyl (C=O) groups is 2. The fraction of sp³-hybridized carbons (Fsp3) is 0.556. The van der Waals surface area contributed by atoms with E-state index in [-0.39, 0.29) is 13.0 Å². The highest BCUT2D eigenvalue weighted by atomic mass is 32.1. The van der Waals surface area contributed by atoms with Crippen molar-refractivity contribution < 1.29 is 19.4 Å². The molecule has 5 nitrogen and oxygen atoms in total. The Balaban J connectivity index is 3.73. The van der Waals surface area contributed by atoms with Crippen molar-refractivity contribution in [3.8, 4) is 0 Å². The number of thiol groups is 1. The maximum Gasteiger partial charge on any atom is 0.325 e. The monoisotopic (exact) mass is 233 g/mol. The summed E-state index contributed by atoms with van der Waals surface area (Å²) in [5.74, 6) is -0.429. The van der Waals surface area contributed by atoms with Crippen molar-refractivity contribution in [2.75, 3.05) is 19.4 Å². The molecule has 0 rings (SSSR count). The van der Waals surface area contributed by atoms with Crippen molar-refractivity contribution >= 4 is 24.5 Å². The molecular formula is C9H15NO4S. The molecule has 6 heteroatoms. The van der Waals surface area contributed by atoms with Crippen LogP contribution in [0.15, 0.2) is 12.2 Å². The third-order valence-electron chi connectivity index (χ3n) is 1.52. The number of amides is 1. The maximum absolute atomic E-state index is 11.1. The summed E-state index contributed by atoms with van der Waals surface area (Å²) in [7, 11) is 1.23. The molecule has 1 amide bonds. The van der Waals surface area contributed by atoms with Gasteiger partial charge in [-0.25, -0.2) is 0 Å². The van der Waals surface area contributed by atoms with Gasteiger partial charge in [0.1, 0.15) is 6.54 Å². The molecule has 0 aromatic heterocycles. The van der Waals surface area contributed by atoms with Crippen LogP contribution in [0, 0.1) is 0 Å². The topological polar surface area (TPSA) is 75.6 Å². The van der Waals surface area contributed by atoms with Crippen LogP contribution < -0.4 is 5.32 Å². The molecule has 1 atom stereocenters. The molecule has 0 fully saturated rings. The Hall–Kier alpha value is -1.01. The molecule has 1 unspecified atom stereocenters. The van der Waals surface area contributed by atoms with Gasteiger partial charge in [-0.1, -0.05) is 12.2 Å². The van der Waals surface area contributed by atoms with Crippen LogP contribution in [0.3, 0.4) is 0 Å². The Kier molecular flexibility index (Phi) is 7.75. The van der Waals surface area contributed by atoms with Crippen LogP contribution in [-0.2, 0) is 14.3 Å². The lowest BCUT2D eigenvalue weighted by Crippen LogP contribution is -2.32. The van der Waals surface area contributed by atoms with Crippen LogP contribution in [0.1, 0.15) is 6.42 Å². The van der Waals surface area contributed by atoms with E-state index >= 15 is 0 Å². The van der Waals surface area contributed by atoms with Gasteiger partial charge in [0.25, 0.3) is 0 Å². The van der Waals surface area contributed by atoms with Crippen molar-refractivity contribution in [3.63, 3.8) is 0 Å². The quantitative estimate of drug-likeness (QED) is 0.329. The van der Waals surface area contributed by atoms with Gasteiger partial charge in [-0.15, -0.1) is 0 Å². The second kappa shape index (κ2) is 8.31. The first-order valence-corrected chi connectivity index (χ1v) is 5.02. The van der Waals surface area contributed by atoms with Gasteiger partial charge < -0.3 is 15.2 Å². The van der Waals surface area contributed by atoms with E-state index in [1.54, 1.807) is 6.08 Å². The SMILES string of the molecule is COC(=O)CNC(=O)CC(O)/C=C/CS. The predicted octanol–water partition coefficient (Wildman–Crippen LogP) is -0.487. The smallest absolute Gasteiger partial charge is 0.325 e. The highest BCUT2D eigenvalue weighted by Gasteiger charge is 2.09. The molecule has 15 heavy (non-hydrogen) atoms. The van der Waals surface area contributed by atoms with Crippen molar-refractivity contribution in [1.82, 2.24) is 5.32 Å². The molecule has 0 aliphatic heterocycles. The minimum Gasteiger partial charge on any atom is -0.468 e. The molecule has 0 aliphatic rings. The highest BCUT2D eigenvalue weighted by Crippen LogP contribution is 1.94. The summed E-state index contributed by atoms with van der Waals surface area (Å²) in [6, 6.07) is 0. The van der Waals surface area contributed by atoms with E-state index in [9.17, 15) is 14.7 Å². The van der Waals surface area contributed by atoms with Crippen LogP contribution in [0.4, 0.5) is 0 Å². The van der Waals surface area contributed by atoms with Crippen LogP contribution in [0.2, 0.25) is 0 Å². The van der Waals surface area contributed by atoms with Crippen molar-refractivity contribution in [1.29, 1.82) is 0 Å². The van der Waals surface area contributed by atoms with Crippen LogP contribution in [0.25, 0.3) is 0 Å². The fourth-order valence-corrected chi connectivity index (χ4v) is 0.913. The van der Waals surface area contributed by atoms with Crippen LogP contribution in [-0.4, -0.2) is 42.5 Å². The summed E-state index contributed by atoms with van der Waals surface area (Å²) < 4.78 is 4.33. The third-order valence-corrected chi connectivity index (χ3v) is 1.73. The van der Waals surface area contributed by atoms with Gasteiger partial charge in [0.2, 0.25) is 5.91 Å².